The Kier molecular flexibility index (Phi) is 6.68. The van der Waals surface area contributed by atoms with E-state index in [-0.39, 0.29) is 0 Å². The second-order valence-corrected chi connectivity index (χ2v) is 8.62. The number of allylic oxidation sites excluding steroid dienone is 1. The van der Waals surface area contributed by atoms with Crippen molar-refractivity contribution < 1.29 is 9.47 Å². The van der Waals surface area contributed by atoms with E-state index in [9.17, 15) is 0 Å². The quantitative estimate of drug-likeness (QED) is 0.362. The van der Waals surface area contributed by atoms with Crippen LogP contribution in [-0.4, -0.2) is 16.5 Å². The van der Waals surface area contributed by atoms with Crippen LogP contribution in [0.1, 0.15) is 29.2 Å². The van der Waals surface area contributed by atoms with Gasteiger partial charge in [0.15, 0.2) is 0 Å². The van der Waals surface area contributed by atoms with Gasteiger partial charge in [-0.1, -0.05) is 59.7 Å². The number of fused-ring (bicyclic) bond motifs is 2. The van der Waals surface area contributed by atoms with Crippen molar-refractivity contribution in [1.82, 2.24) is 9.97 Å². The summed E-state index contributed by atoms with van der Waals surface area (Å²) < 4.78 is 11.4. The molecule has 2 aliphatic carbocycles. The molecule has 0 bridgehead atoms. The fourth-order valence-corrected chi connectivity index (χ4v) is 4.12. The maximum absolute atomic E-state index is 5.70. The highest BCUT2D eigenvalue weighted by Gasteiger charge is 2.13. The number of rotatable bonds is 5. The number of benzene rings is 2. The minimum absolute atomic E-state index is 0.601. The van der Waals surface area contributed by atoms with E-state index >= 15 is 0 Å². The second kappa shape index (κ2) is 10.4. The van der Waals surface area contributed by atoms with Crippen LogP contribution in [0.5, 0.6) is 23.3 Å². The van der Waals surface area contributed by atoms with Crippen molar-refractivity contribution in [2.24, 2.45) is 5.73 Å². The highest BCUT2D eigenvalue weighted by Crippen LogP contribution is 2.29. The predicted octanol–water partition coefficient (Wildman–Crippen LogP) is 6.61. The zero-order valence-electron chi connectivity index (χ0n) is 19.6. The summed E-state index contributed by atoms with van der Waals surface area (Å²) in [4.78, 5) is 8.64. The van der Waals surface area contributed by atoms with Crippen LogP contribution < -0.4 is 15.2 Å². The van der Waals surface area contributed by atoms with E-state index in [4.69, 9.17) is 15.2 Å². The Labute approximate surface area is 205 Å². The van der Waals surface area contributed by atoms with Gasteiger partial charge in [0.1, 0.15) is 11.5 Å². The summed E-state index contributed by atoms with van der Waals surface area (Å²) in [6.45, 7) is 2.74. The normalized spacial score (nSPS) is 13.1. The third kappa shape index (κ3) is 5.65. The van der Waals surface area contributed by atoms with E-state index in [1.54, 1.807) is 0 Å². The van der Waals surface area contributed by atoms with Crippen LogP contribution in [0.4, 0.5) is 0 Å². The largest absolute Gasteiger partial charge is 0.439 e. The van der Waals surface area contributed by atoms with Gasteiger partial charge in [-0.3, -0.25) is 0 Å². The van der Waals surface area contributed by atoms with Crippen molar-refractivity contribution in [1.29, 1.82) is 0 Å². The Morgan fingerprint density at radius 2 is 1.23 bits per heavy atom. The van der Waals surface area contributed by atoms with Crippen molar-refractivity contribution in [2.45, 2.75) is 19.8 Å². The van der Waals surface area contributed by atoms with E-state index in [0.717, 1.165) is 29.9 Å². The summed E-state index contributed by atoms with van der Waals surface area (Å²) in [6, 6.07) is 23.3. The van der Waals surface area contributed by atoms with Crippen LogP contribution in [0.3, 0.4) is 0 Å². The Balaban J connectivity index is 0.000000145. The Hall–Kier alpha value is -4.22. The first-order valence-electron chi connectivity index (χ1n) is 11.7. The average Bonchev–Trinajstić information content (AvgIpc) is 3.47. The molecule has 2 aromatic carbocycles. The molecule has 0 unspecified atom stereocenters. The van der Waals surface area contributed by atoms with E-state index in [1.165, 1.54) is 27.8 Å². The SMILES string of the molecule is CC1=Cc2cc(Oc3ccccc3)ncc2C1.NCC1=Cc2cc(Oc3ccccc3)ncc2C1. The molecule has 174 valence electrons. The summed E-state index contributed by atoms with van der Waals surface area (Å²) in [7, 11) is 0. The van der Waals surface area contributed by atoms with Gasteiger partial charge in [0.25, 0.3) is 0 Å². The van der Waals surface area contributed by atoms with Crippen LogP contribution in [0.25, 0.3) is 12.2 Å². The molecular formula is C30H27N3O2. The minimum atomic E-state index is 0.601. The number of aromatic nitrogens is 2. The molecule has 2 aromatic heterocycles. The highest BCUT2D eigenvalue weighted by molar-refractivity contribution is 5.65. The molecule has 0 aliphatic heterocycles. The maximum atomic E-state index is 5.70. The van der Waals surface area contributed by atoms with Crippen LogP contribution in [0.2, 0.25) is 0 Å². The number of nitrogens with two attached hydrogens (primary N) is 1. The van der Waals surface area contributed by atoms with Gasteiger partial charge < -0.3 is 15.2 Å². The van der Waals surface area contributed by atoms with E-state index in [1.807, 2.05) is 85.2 Å². The standard InChI is InChI=1S/C15H14N2O.C15H13NO/c16-9-11-6-12-8-15(17-10-13(12)7-11)18-14-4-2-1-3-5-14;1-11-7-12-9-15(16-10-13(12)8-11)17-14-5-3-2-4-6-14/h1-6,8,10H,7,9,16H2;2-7,9-10H,8H2,1H3. The van der Waals surface area contributed by atoms with E-state index in [0.29, 0.717) is 18.3 Å². The summed E-state index contributed by atoms with van der Waals surface area (Å²) in [5.74, 6) is 2.89. The lowest BCUT2D eigenvalue weighted by Crippen LogP contribution is -2.02. The zero-order chi connectivity index (χ0) is 24.0. The molecular weight excluding hydrogens is 434 g/mol. The topological polar surface area (TPSA) is 70.3 Å². The molecule has 4 aromatic rings. The lowest BCUT2D eigenvalue weighted by atomic mass is 10.1. The van der Waals surface area contributed by atoms with Gasteiger partial charge in [-0.25, -0.2) is 9.97 Å². The highest BCUT2D eigenvalue weighted by atomic mass is 16.5. The number of hydrogen-bond acceptors (Lipinski definition) is 5. The fraction of sp³-hybridized carbons (Fsp3) is 0.133. The Bertz CT molecular complexity index is 1380. The van der Waals surface area contributed by atoms with Crippen molar-refractivity contribution in [3.63, 3.8) is 0 Å². The second-order valence-electron chi connectivity index (χ2n) is 8.62. The monoisotopic (exact) mass is 461 g/mol. The summed E-state index contributed by atoms with van der Waals surface area (Å²) >= 11 is 0. The molecule has 0 fully saturated rings. The van der Waals surface area contributed by atoms with Crippen molar-refractivity contribution in [2.75, 3.05) is 6.54 Å². The molecule has 2 heterocycles. The van der Waals surface area contributed by atoms with Crippen molar-refractivity contribution in [3.8, 4) is 23.3 Å². The van der Waals surface area contributed by atoms with Crippen molar-refractivity contribution >= 4 is 12.2 Å². The van der Waals surface area contributed by atoms with Gasteiger partial charge >= 0.3 is 0 Å². The van der Waals surface area contributed by atoms with Crippen LogP contribution in [-0.2, 0) is 12.8 Å². The molecule has 2 aliphatic rings. The van der Waals surface area contributed by atoms with E-state index in [2.05, 4.69) is 29.0 Å². The van der Waals surface area contributed by atoms with Crippen LogP contribution >= 0.6 is 0 Å². The number of nitrogens with zero attached hydrogens (tertiary/aromatic N) is 2. The number of pyridine rings is 2. The molecule has 0 saturated heterocycles. The first-order valence-corrected chi connectivity index (χ1v) is 11.7. The molecule has 0 atom stereocenters. The van der Waals surface area contributed by atoms with E-state index < -0.39 is 0 Å². The van der Waals surface area contributed by atoms with Gasteiger partial charge in [0, 0.05) is 31.1 Å². The van der Waals surface area contributed by atoms with Gasteiger partial charge in [-0.05, 0) is 66.3 Å². The fourth-order valence-electron chi connectivity index (χ4n) is 4.12. The molecule has 5 heteroatoms. The number of para-hydroxylation sites is 2. The summed E-state index contributed by atoms with van der Waals surface area (Å²) in [5.41, 5.74) is 13.2. The summed E-state index contributed by atoms with van der Waals surface area (Å²) in [5, 5.41) is 0. The van der Waals surface area contributed by atoms with Crippen molar-refractivity contribution in [3.05, 3.63) is 119 Å². The first kappa shape index (κ1) is 22.6. The summed E-state index contributed by atoms with van der Waals surface area (Å²) in [6.07, 6.45) is 10.00. The first-order chi connectivity index (χ1) is 17.2. The van der Waals surface area contributed by atoms with Gasteiger partial charge in [0.2, 0.25) is 11.8 Å². The molecule has 0 saturated carbocycles. The predicted molar refractivity (Wildman–Crippen MR) is 140 cm³/mol. The van der Waals surface area contributed by atoms with Gasteiger partial charge in [-0.2, -0.15) is 0 Å². The zero-order valence-corrected chi connectivity index (χ0v) is 19.6. The van der Waals surface area contributed by atoms with Crippen LogP contribution in [0.15, 0.2) is 96.3 Å². The lowest BCUT2D eigenvalue weighted by Gasteiger charge is -2.05. The van der Waals surface area contributed by atoms with Gasteiger partial charge in [0.05, 0.1) is 0 Å². The molecule has 2 N–H and O–H groups in total. The van der Waals surface area contributed by atoms with Crippen LogP contribution in [0, 0.1) is 0 Å². The lowest BCUT2D eigenvalue weighted by molar-refractivity contribution is 0.462. The maximum Gasteiger partial charge on any atom is 0.219 e. The third-order valence-corrected chi connectivity index (χ3v) is 5.84. The smallest absolute Gasteiger partial charge is 0.219 e. The Morgan fingerprint density at radius 3 is 1.77 bits per heavy atom. The molecule has 35 heavy (non-hydrogen) atoms. The Morgan fingerprint density at radius 1 is 0.714 bits per heavy atom. The molecule has 0 radical (unpaired) electrons. The number of hydrogen-bond donors (Lipinski definition) is 1. The third-order valence-electron chi connectivity index (χ3n) is 5.84. The average molecular weight is 462 g/mol. The molecule has 5 nitrogen and oxygen atoms in total. The minimum Gasteiger partial charge on any atom is -0.439 e. The molecule has 6 rings (SSSR count). The molecule has 0 spiro atoms. The number of ether oxygens (including phenoxy) is 2. The van der Waals surface area contributed by atoms with Gasteiger partial charge in [-0.15, -0.1) is 0 Å². The molecule has 0 amide bonds.